The number of ether oxygens (including phenoxy) is 2. The molecule has 2 aromatic heterocycles. The molecule has 0 radical (unpaired) electrons. The van der Waals surface area contributed by atoms with Crippen LogP contribution in [0.2, 0.25) is 0 Å². The van der Waals surface area contributed by atoms with Gasteiger partial charge in [0.1, 0.15) is 15.9 Å². The molecule has 0 bridgehead atoms. The van der Waals surface area contributed by atoms with Crippen LogP contribution in [0.4, 0.5) is 0 Å². The first-order valence-corrected chi connectivity index (χ1v) is 14.1. The van der Waals surface area contributed by atoms with Gasteiger partial charge in [0, 0.05) is 24.2 Å². The Morgan fingerprint density at radius 3 is 2.55 bits per heavy atom. The van der Waals surface area contributed by atoms with Crippen LogP contribution >= 0.6 is 11.7 Å². The first-order chi connectivity index (χ1) is 18.2. The number of H-pyrrole nitrogens is 1. The summed E-state index contributed by atoms with van der Waals surface area (Å²) in [6.45, 7) is 5.71. The minimum atomic E-state index is -4.11. The second-order valence-corrected chi connectivity index (χ2v) is 11.9. The van der Waals surface area contributed by atoms with Gasteiger partial charge in [-0.15, -0.1) is 0 Å². The van der Waals surface area contributed by atoms with Crippen LogP contribution in [0.3, 0.4) is 0 Å². The van der Waals surface area contributed by atoms with E-state index in [0.717, 1.165) is 28.2 Å². The van der Waals surface area contributed by atoms with E-state index in [2.05, 4.69) is 13.7 Å². The zero-order valence-corrected chi connectivity index (χ0v) is 22.6. The molecule has 1 aliphatic rings. The molecule has 38 heavy (non-hydrogen) atoms. The number of aromatic amines is 1. The number of rotatable bonds is 6. The van der Waals surface area contributed by atoms with Crippen LogP contribution in [0.15, 0.2) is 58.2 Å². The van der Waals surface area contributed by atoms with E-state index in [1.165, 1.54) is 4.31 Å². The van der Waals surface area contributed by atoms with Gasteiger partial charge >= 0.3 is 0 Å². The number of pyridine rings is 1. The molecule has 0 atom stereocenters. The summed E-state index contributed by atoms with van der Waals surface area (Å²) in [5.74, 6) is 1.16. The van der Waals surface area contributed by atoms with Crippen LogP contribution in [-0.4, -0.2) is 33.2 Å². The van der Waals surface area contributed by atoms with E-state index in [4.69, 9.17) is 9.47 Å². The highest BCUT2D eigenvalue weighted by molar-refractivity contribution is 7.89. The Morgan fingerprint density at radius 1 is 0.921 bits per heavy atom. The summed E-state index contributed by atoms with van der Waals surface area (Å²) >= 11 is 0.963. The Hall–Kier alpha value is -3.80. The summed E-state index contributed by atoms with van der Waals surface area (Å²) in [5, 5.41) is 0.838. The molecule has 11 heteroatoms. The summed E-state index contributed by atoms with van der Waals surface area (Å²) in [6.07, 6.45) is 0. The van der Waals surface area contributed by atoms with E-state index < -0.39 is 10.0 Å². The zero-order chi connectivity index (χ0) is 26.6. The van der Waals surface area contributed by atoms with Gasteiger partial charge in [0.05, 0.1) is 11.7 Å². The Morgan fingerprint density at radius 2 is 1.71 bits per heavy atom. The Balaban J connectivity index is 1.48. The van der Waals surface area contributed by atoms with Gasteiger partial charge in [-0.25, -0.2) is 8.42 Å². The van der Waals surface area contributed by atoms with Crippen LogP contribution in [0, 0.1) is 20.8 Å². The summed E-state index contributed by atoms with van der Waals surface area (Å²) in [6, 6.07) is 14.5. The third-order valence-corrected chi connectivity index (χ3v) is 9.37. The van der Waals surface area contributed by atoms with Gasteiger partial charge in [0.15, 0.2) is 11.5 Å². The molecule has 194 valence electrons. The van der Waals surface area contributed by atoms with E-state index in [9.17, 15) is 13.2 Å². The average Bonchev–Trinajstić information content (AvgIpc) is 3.54. The quantitative estimate of drug-likeness (QED) is 0.330. The van der Waals surface area contributed by atoms with Gasteiger partial charge in [-0.1, -0.05) is 12.1 Å². The minimum absolute atomic E-state index is 0.0107. The van der Waals surface area contributed by atoms with Gasteiger partial charge in [0.2, 0.25) is 16.8 Å². The van der Waals surface area contributed by atoms with Crippen LogP contribution in [-0.2, 0) is 23.1 Å². The van der Waals surface area contributed by atoms with Crippen molar-refractivity contribution in [2.75, 3.05) is 6.79 Å². The maximum atomic E-state index is 14.3. The summed E-state index contributed by atoms with van der Waals surface area (Å²) in [4.78, 5) is 16.2. The smallest absolute Gasteiger partial charge is 0.252 e. The Labute approximate surface area is 223 Å². The molecule has 0 saturated heterocycles. The number of nitrogens with zero attached hydrogens (tertiary/aromatic N) is 3. The normalized spacial score (nSPS) is 13.2. The minimum Gasteiger partial charge on any atom is -0.454 e. The van der Waals surface area contributed by atoms with E-state index in [1.54, 1.807) is 43.3 Å². The summed E-state index contributed by atoms with van der Waals surface area (Å²) in [7, 11) is -4.11. The van der Waals surface area contributed by atoms with Crippen molar-refractivity contribution in [3.8, 4) is 11.5 Å². The first-order valence-electron chi connectivity index (χ1n) is 11.9. The van der Waals surface area contributed by atoms with E-state index in [-0.39, 0.29) is 30.3 Å². The van der Waals surface area contributed by atoms with Gasteiger partial charge in [-0.05, 0) is 84.8 Å². The van der Waals surface area contributed by atoms with Crippen molar-refractivity contribution in [2.45, 2.75) is 38.8 Å². The fourth-order valence-corrected chi connectivity index (χ4v) is 7.04. The largest absolute Gasteiger partial charge is 0.454 e. The lowest BCUT2D eigenvalue weighted by Gasteiger charge is -2.23. The van der Waals surface area contributed by atoms with Crippen molar-refractivity contribution in [3.05, 3.63) is 86.7 Å². The molecule has 0 aliphatic carbocycles. The van der Waals surface area contributed by atoms with Crippen LogP contribution in [0.5, 0.6) is 11.5 Å². The predicted octanol–water partition coefficient (Wildman–Crippen LogP) is 4.58. The highest BCUT2D eigenvalue weighted by atomic mass is 32.2. The lowest BCUT2D eigenvalue weighted by Crippen LogP contribution is -2.33. The molecule has 3 aromatic carbocycles. The number of nitrogens with one attached hydrogen (secondary N) is 1. The van der Waals surface area contributed by atoms with Crippen molar-refractivity contribution in [2.24, 2.45) is 0 Å². The average molecular weight is 549 g/mol. The molecule has 5 aromatic rings. The molecular weight excluding hydrogens is 524 g/mol. The molecule has 1 aliphatic heterocycles. The fraction of sp³-hybridized carbons (Fsp3) is 0.222. The highest BCUT2D eigenvalue weighted by Crippen LogP contribution is 2.34. The molecule has 6 rings (SSSR count). The lowest BCUT2D eigenvalue weighted by atomic mass is 10.0. The molecule has 0 spiro atoms. The summed E-state index contributed by atoms with van der Waals surface area (Å²) in [5.41, 5.74) is 4.94. The Bertz CT molecular complexity index is 1900. The number of benzene rings is 3. The first kappa shape index (κ1) is 24.5. The van der Waals surface area contributed by atoms with E-state index in [0.29, 0.717) is 44.7 Å². The maximum Gasteiger partial charge on any atom is 0.252 e. The van der Waals surface area contributed by atoms with Crippen LogP contribution in [0.25, 0.3) is 21.9 Å². The van der Waals surface area contributed by atoms with E-state index in [1.807, 2.05) is 26.0 Å². The van der Waals surface area contributed by atoms with Gasteiger partial charge < -0.3 is 14.5 Å². The third-order valence-electron chi connectivity index (χ3n) is 6.85. The van der Waals surface area contributed by atoms with Gasteiger partial charge in [-0.3, -0.25) is 4.79 Å². The standard InChI is InChI=1S/C27H24N4O5S2/c1-15-4-6-21-25(30-37-29-21)26(15)38(33,34)31(12-18-5-7-23-24(10-18)36-14-35-23)13-20-11-19-8-16(2)17(3)9-22(19)28-27(20)32/h4-11H,12-14H2,1-3H3,(H,28,32). The Kier molecular flexibility index (Phi) is 5.93. The molecule has 0 amide bonds. The molecular formula is C27H24N4O5S2. The third kappa shape index (κ3) is 4.22. The van der Waals surface area contributed by atoms with E-state index >= 15 is 0 Å². The predicted molar refractivity (Wildman–Crippen MR) is 145 cm³/mol. The number of aromatic nitrogens is 3. The number of aryl methyl sites for hydroxylation is 3. The monoisotopic (exact) mass is 548 g/mol. The number of sulfonamides is 1. The van der Waals surface area contributed by atoms with Crippen molar-refractivity contribution in [1.29, 1.82) is 0 Å². The molecule has 0 fully saturated rings. The SMILES string of the molecule is Cc1cc2cc(CN(Cc3ccc4c(c3)OCO4)S(=O)(=O)c3c(C)ccc4nsnc34)c(=O)[nH]c2cc1C. The number of hydrogen-bond acceptors (Lipinski definition) is 8. The number of fused-ring (bicyclic) bond motifs is 3. The molecule has 9 nitrogen and oxygen atoms in total. The van der Waals surface area contributed by atoms with Crippen LogP contribution < -0.4 is 15.0 Å². The number of hydrogen-bond donors (Lipinski definition) is 1. The lowest BCUT2D eigenvalue weighted by molar-refractivity contribution is 0.174. The molecule has 0 saturated carbocycles. The van der Waals surface area contributed by atoms with Crippen molar-refractivity contribution >= 4 is 43.7 Å². The van der Waals surface area contributed by atoms with Crippen molar-refractivity contribution < 1.29 is 17.9 Å². The second-order valence-electron chi connectivity index (χ2n) is 9.45. The zero-order valence-electron chi connectivity index (χ0n) is 20.9. The van der Waals surface area contributed by atoms with Crippen molar-refractivity contribution in [3.63, 3.8) is 0 Å². The van der Waals surface area contributed by atoms with Crippen molar-refractivity contribution in [1.82, 2.24) is 18.0 Å². The molecule has 0 unspecified atom stereocenters. The maximum absolute atomic E-state index is 14.3. The van der Waals surface area contributed by atoms with Crippen LogP contribution in [0.1, 0.15) is 27.8 Å². The van der Waals surface area contributed by atoms with Gasteiger partial charge in [-0.2, -0.15) is 13.1 Å². The summed E-state index contributed by atoms with van der Waals surface area (Å²) < 4.78 is 49.3. The fourth-order valence-electron chi connectivity index (χ4n) is 4.68. The molecule has 1 N–H and O–H groups in total. The molecule has 3 heterocycles. The topological polar surface area (TPSA) is 114 Å². The highest BCUT2D eigenvalue weighted by Gasteiger charge is 2.31. The second kappa shape index (κ2) is 9.19. The van der Waals surface area contributed by atoms with Gasteiger partial charge in [0.25, 0.3) is 5.56 Å².